The van der Waals surface area contributed by atoms with Crippen molar-refractivity contribution in [1.82, 2.24) is 0 Å². The minimum absolute atomic E-state index is 0.199. The van der Waals surface area contributed by atoms with E-state index in [1.165, 1.54) is 4.90 Å². The van der Waals surface area contributed by atoms with Crippen molar-refractivity contribution in [3.63, 3.8) is 0 Å². The number of rotatable bonds is 3. The molecule has 0 unspecified atom stereocenters. The molecule has 3 aromatic carbocycles. The predicted octanol–water partition coefficient (Wildman–Crippen LogP) is 6.14. The number of hydrogen-bond donors (Lipinski definition) is 0. The minimum atomic E-state index is -0.842. The number of carbonyl (C=O) groups is 3. The third-order valence-corrected chi connectivity index (χ3v) is 8.25. The Kier molecular flexibility index (Phi) is 5.47. The molecule has 0 N–H and O–H groups in total. The van der Waals surface area contributed by atoms with Gasteiger partial charge in [0, 0.05) is 25.2 Å². The normalized spacial score (nSPS) is 24.4. The summed E-state index contributed by atoms with van der Waals surface area (Å²) >= 11 is 13.1. The van der Waals surface area contributed by atoms with E-state index in [0.717, 1.165) is 20.2 Å². The van der Waals surface area contributed by atoms with Crippen LogP contribution in [0, 0.1) is 11.8 Å². The lowest BCUT2D eigenvalue weighted by molar-refractivity contribution is -0.122. The second-order valence-corrected chi connectivity index (χ2v) is 11.1. The number of amides is 2. The molecule has 5 nitrogen and oxygen atoms in total. The third kappa shape index (κ3) is 3.51. The van der Waals surface area contributed by atoms with E-state index in [9.17, 15) is 14.4 Å². The van der Waals surface area contributed by atoms with Crippen LogP contribution in [0.3, 0.4) is 0 Å². The Morgan fingerprint density at radius 3 is 2.14 bits per heavy atom. The van der Waals surface area contributed by atoms with Crippen LogP contribution in [0.4, 0.5) is 11.4 Å². The summed E-state index contributed by atoms with van der Waals surface area (Å²) in [5.74, 6) is -2.35. The quantitative estimate of drug-likeness (QED) is 0.264. The lowest BCUT2D eigenvalue weighted by Crippen LogP contribution is -2.48. The number of ketones is 1. The number of benzene rings is 3. The molecule has 174 valence electrons. The lowest BCUT2D eigenvalue weighted by atomic mass is 9.86. The zero-order valence-corrected chi connectivity index (χ0v) is 22.0. The molecule has 0 saturated carbocycles. The van der Waals surface area contributed by atoms with Crippen LogP contribution in [-0.2, 0) is 9.59 Å². The Balaban J connectivity index is 1.50. The number of imide groups is 1. The van der Waals surface area contributed by atoms with Crippen molar-refractivity contribution in [2.75, 3.05) is 9.80 Å². The molecule has 0 aromatic heterocycles. The van der Waals surface area contributed by atoms with E-state index in [4.69, 9.17) is 11.6 Å². The molecule has 8 heteroatoms. The number of anilines is 2. The number of nitrogens with zero attached hydrogens (tertiary/aromatic N) is 2. The van der Waals surface area contributed by atoms with E-state index in [2.05, 4.69) is 31.9 Å². The number of hydrogen-bond acceptors (Lipinski definition) is 4. The molecule has 35 heavy (non-hydrogen) atoms. The fourth-order valence-corrected chi connectivity index (χ4v) is 6.16. The highest BCUT2D eigenvalue weighted by molar-refractivity contribution is 9.10. The van der Waals surface area contributed by atoms with Gasteiger partial charge >= 0.3 is 0 Å². The molecule has 3 aliphatic heterocycles. The second kappa shape index (κ2) is 8.43. The Bertz CT molecular complexity index is 1420. The maximum Gasteiger partial charge on any atom is 0.240 e. The first-order valence-electron chi connectivity index (χ1n) is 11.0. The highest BCUT2D eigenvalue weighted by atomic mass is 79.9. The highest BCUT2D eigenvalue weighted by Gasteiger charge is 2.64. The van der Waals surface area contributed by atoms with E-state index in [0.29, 0.717) is 16.3 Å². The van der Waals surface area contributed by atoms with E-state index in [1.54, 1.807) is 60.7 Å². The zero-order valence-electron chi connectivity index (χ0n) is 18.1. The van der Waals surface area contributed by atoms with Crippen LogP contribution < -0.4 is 9.80 Å². The molecular weight excluding hydrogens is 596 g/mol. The summed E-state index contributed by atoms with van der Waals surface area (Å²) < 4.78 is 1.70. The fourth-order valence-electron chi connectivity index (χ4n) is 5.46. The van der Waals surface area contributed by atoms with Crippen LogP contribution in [0.2, 0.25) is 5.02 Å². The Morgan fingerprint density at radius 1 is 0.829 bits per heavy atom. The van der Waals surface area contributed by atoms with Crippen LogP contribution in [0.25, 0.3) is 6.08 Å². The summed E-state index contributed by atoms with van der Waals surface area (Å²) in [6, 6.07) is 18.3. The van der Waals surface area contributed by atoms with Gasteiger partial charge in [-0.25, -0.2) is 4.90 Å². The van der Waals surface area contributed by atoms with Crippen molar-refractivity contribution in [2.45, 2.75) is 12.1 Å². The van der Waals surface area contributed by atoms with Gasteiger partial charge in [-0.2, -0.15) is 0 Å². The molecule has 0 aliphatic carbocycles. The van der Waals surface area contributed by atoms with Crippen LogP contribution in [-0.4, -0.2) is 29.7 Å². The number of carbonyl (C=O) groups excluding carboxylic acids is 3. The molecule has 2 amide bonds. The van der Waals surface area contributed by atoms with Crippen LogP contribution in [0.1, 0.15) is 15.9 Å². The molecule has 3 heterocycles. The Labute approximate surface area is 223 Å². The number of halogens is 3. The average Bonchev–Trinajstić information content (AvgIpc) is 3.33. The molecule has 3 aliphatic rings. The third-order valence-electron chi connectivity index (χ3n) is 6.95. The van der Waals surface area contributed by atoms with Gasteiger partial charge in [0.2, 0.25) is 11.8 Å². The van der Waals surface area contributed by atoms with Crippen LogP contribution in [0.15, 0.2) is 81.8 Å². The topological polar surface area (TPSA) is 57.7 Å². The molecule has 2 saturated heterocycles. The highest BCUT2D eigenvalue weighted by Crippen LogP contribution is 2.50. The summed E-state index contributed by atoms with van der Waals surface area (Å²) in [5.41, 5.74) is 2.63. The maximum atomic E-state index is 14.0. The number of fused-ring (bicyclic) bond motifs is 5. The molecule has 6 rings (SSSR count). The van der Waals surface area contributed by atoms with Gasteiger partial charge in [0.1, 0.15) is 6.04 Å². The van der Waals surface area contributed by atoms with E-state index >= 15 is 0 Å². The van der Waals surface area contributed by atoms with E-state index < -0.39 is 23.9 Å². The predicted molar refractivity (Wildman–Crippen MR) is 143 cm³/mol. The molecule has 0 radical (unpaired) electrons. The van der Waals surface area contributed by atoms with Gasteiger partial charge in [-0.15, -0.1) is 0 Å². The standard InChI is InChI=1S/C27H17Br2ClN2O3/c28-16-5-1-15(2-6-16)25(33)24-23-22(20-12-4-14-3-9-18(30)13-21(14)32(20)24)26(34)31(27(23)35)19-10-7-17(29)8-11-19/h1-13,20,22-24H/t20-,22-,23+,24-/m1/s1. The average molecular weight is 613 g/mol. The monoisotopic (exact) mass is 610 g/mol. The first-order chi connectivity index (χ1) is 16.8. The SMILES string of the molecule is O=C(c1ccc(Br)cc1)[C@H]1[C@H]2C(=O)N(c3ccc(Br)cc3)C(=O)[C@@H]2[C@H]2C=Cc3ccc(Cl)cc3N21. The van der Waals surface area contributed by atoms with Gasteiger partial charge in [0.25, 0.3) is 0 Å². The minimum Gasteiger partial charge on any atom is -0.352 e. The van der Waals surface area contributed by atoms with E-state index in [-0.39, 0.29) is 17.6 Å². The van der Waals surface area contributed by atoms with E-state index in [1.807, 2.05) is 23.1 Å². The fraction of sp³-hybridized carbons (Fsp3) is 0.148. The molecule has 4 atom stereocenters. The van der Waals surface area contributed by atoms with Crippen molar-refractivity contribution >= 4 is 78.5 Å². The summed E-state index contributed by atoms with van der Waals surface area (Å²) in [5, 5.41) is 0.527. The summed E-state index contributed by atoms with van der Waals surface area (Å²) in [4.78, 5) is 44.8. The summed E-state index contributed by atoms with van der Waals surface area (Å²) in [7, 11) is 0. The first-order valence-corrected chi connectivity index (χ1v) is 13.0. The molecule has 2 fully saturated rings. The van der Waals surface area contributed by atoms with Crippen molar-refractivity contribution < 1.29 is 14.4 Å². The van der Waals surface area contributed by atoms with Gasteiger partial charge in [0.05, 0.1) is 23.6 Å². The van der Waals surface area contributed by atoms with Gasteiger partial charge < -0.3 is 4.90 Å². The zero-order chi connectivity index (χ0) is 24.4. The van der Waals surface area contributed by atoms with Crippen molar-refractivity contribution in [3.8, 4) is 0 Å². The molecule has 3 aromatic rings. The largest absolute Gasteiger partial charge is 0.352 e. The molecular formula is C27H17Br2ClN2O3. The van der Waals surface area contributed by atoms with Crippen LogP contribution in [0.5, 0.6) is 0 Å². The summed E-state index contributed by atoms with van der Waals surface area (Å²) in [6.07, 6.45) is 3.87. The number of Topliss-reactive ketones (excluding diaryl/α,β-unsaturated/α-hetero) is 1. The Morgan fingerprint density at radius 2 is 1.46 bits per heavy atom. The second-order valence-electron chi connectivity index (χ2n) is 8.82. The van der Waals surface area contributed by atoms with Gasteiger partial charge in [-0.3, -0.25) is 14.4 Å². The van der Waals surface area contributed by atoms with Crippen LogP contribution >= 0.6 is 43.5 Å². The first kappa shape index (κ1) is 22.7. The lowest BCUT2D eigenvalue weighted by Gasteiger charge is -2.36. The smallest absolute Gasteiger partial charge is 0.240 e. The van der Waals surface area contributed by atoms with Crippen molar-refractivity contribution in [1.29, 1.82) is 0 Å². The maximum absolute atomic E-state index is 14.0. The summed E-state index contributed by atoms with van der Waals surface area (Å²) in [6.45, 7) is 0. The van der Waals surface area contributed by atoms with Gasteiger partial charge in [-0.05, 0) is 54.1 Å². The van der Waals surface area contributed by atoms with Gasteiger partial charge in [0.15, 0.2) is 5.78 Å². The Hall–Kier alpha value is -2.74. The molecule has 0 bridgehead atoms. The van der Waals surface area contributed by atoms with Crippen molar-refractivity contribution in [2.24, 2.45) is 11.8 Å². The van der Waals surface area contributed by atoms with Crippen molar-refractivity contribution in [3.05, 3.63) is 97.9 Å². The van der Waals surface area contributed by atoms with Gasteiger partial charge in [-0.1, -0.05) is 73.8 Å². The molecule has 0 spiro atoms.